The first-order valence-corrected chi connectivity index (χ1v) is 5.58. The molecule has 0 heterocycles. The van der Waals surface area contributed by atoms with Crippen molar-refractivity contribution in [2.75, 3.05) is 7.11 Å². The lowest BCUT2D eigenvalue weighted by atomic mass is 9.82. The Morgan fingerprint density at radius 3 is 2.88 bits per heavy atom. The van der Waals surface area contributed by atoms with E-state index in [2.05, 4.69) is 0 Å². The molecule has 1 unspecified atom stereocenters. The second kappa shape index (κ2) is 4.64. The molecule has 0 amide bonds. The fourth-order valence-electron chi connectivity index (χ4n) is 2.29. The summed E-state index contributed by atoms with van der Waals surface area (Å²) in [4.78, 5) is 11.8. The van der Waals surface area contributed by atoms with E-state index in [9.17, 15) is 9.18 Å². The lowest BCUT2D eigenvalue weighted by Gasteiger charge is -2.22. The summed E-state index contributed by atoms with van der Waals surface area (Å²) in [6.07, 6.45) is 3.38. The Kier molecular flexibility index (Phi) is 3.22. The number of ketones is 1. The predicted octanol–water partition coefficient (Wildman–Crippen LogP) is 3.06. The van der Waals surface area contributed by atoms with Crippen LogP contribution < -0.4 is 4.74 Å². The van der Waals surface area contributed by atoms with Gasteiger partial charge in [-0.05, 0) is 31.0 Å². The number of hydrogen-bond donors (Lipinski definition) is 0. The summed E-state index contributed by atoms with van der Waals surface area (Å²) >= 11 is 0. The van der Waals surface area contributed by atoms with Crippen LogP contribution in [0.2, 0.25) is 0 Å². The van der Waals surface area contributed by atoms with E-state index in [0.717, 1.165) is 19.3 Å². The summed E-state index contributed by atoms with van der Waals surface area (Å²) in [6.45, 7) is 0. The van der Waals surface area contributed by atoms with Crippen LogP contribution in [0, 0.1) is 5.82 Å². The monoisotopic (exact) mass is 222 g/mol. The van der Waals surface area contributed by atoms with Crippen molar-refractivity contribution in [3.63, 3.8) is 0 Å². The zero-order valence-electron chi connectivity index (χ0n) is 9.33. The Balaban J connectivity index is 2.36. The van der Waals surface area contributed by atoms with Crippen LogP contribution in [-0.4, -0.2) is 12.9 Å². The highest BCUT2D eigenvalue weighted by atomic mass is 19.1. The Bertz CT molecular complexity index is 401. The molecule has 1 atom stereocenters. The van der Waals surface area contributed by atoms with Gasteiger partial charge in [-0.15, -0.1) is 0 Å². The Hall–Kier alpha value is -1.38. The summed E-state index contributed by atoms with van der Waals surface area (Å²) in [5, 5.41) is 0. The van der Waals surface area contributed by atoms with E-state index in [0.29, 0.717) is 17.7 Å². The van der Waals surface area contributed by atoms with Gasteiger partial charge in [-0.2, -0.15) is 0 Å². The Morgan fingerprint density at radius 1 is 1.38 bits per heavy atom. The van der Waals surface area contributed by atoms with Gasteiger partial charge in [0.25, 0.3) is 0 Å². The molecule has 2 nitrogen and oxygen atoms in total. The zero-order chi connectivity index (χ0) is 11.5. The average molecular weight is 222 g/mol. The third-order valence-corrected chi connectivity index (χ3v) is 3.12. The predicted molar refractivity (Wildman–Crippen MR) is 59.2 cm³/mol. The van der Waals surface area contributed by atoms with E-state index in [-0.39, 0.29) is 17.5 Å². The summed E-state index contributed by atoms with van der Waals surface area (Å²) in [6, 6.07) is 4.37. The summed E-state index contributed by atoms with van der Waals surface area (Å²) in [7, 11) is 1.55. The number of benzene rings is 1. The Morgan fingerprint density at radius 2 is 2.19 bits per heavy atom. The molecule has 0 aromatic heterocycles. The second-order valence-corrected chi connectivity index (χ2v) is 4.15. The SMILES string of the molecule is COc1ccc(F)cc1C1CCCCC1=O. The third-order valence-electron chi connectivity index (χ3n) is 3.12. The van der Waals surface area contributed by atoms with E-state index in [1.54, 1.807) is 13.2 Å². The standard InChI is InChI=1S/C13H15FO2/c1-16-13-7-6-9(14)8-11(13)10-4-2-3-5-12(10)15/h6-8,10H,2-5H2,1H3. The number of ether oxygens (including phenoxy) is 1. The first-order valence-electron chi connectivity index (χ1n) is 5.58. The van der Waals surface area contributed by atoms with Crippen molar-refractivity contribution >= 4 is 5.78 Å². The van der Waals surface area contributed by atoms with Crippen molar-refractivity contribution in [3.8, 4) is 5.75 Å². The van der Waals surface area contributed by atoms with Gasteiger partial charge >= 0.3 is 0 Å². The number of hydrogen-bond acceptors (Lipinski definition) is 2. The second-order valence-electron chi connectivity index (χ2n) is 4.15. The number of rotatable bonds is 2. The van der Waals surface area contributed by atoms with E-state index in [1.807, 2.05) is 0 Å². The maximum atomic E-state index is 13.2. The van der Waals surface area contributed by atoms with Crippen LogP contribution in [0.1, 0.15) is 37.2 Å². The molecule has 16 heavy (non-hydrogen) atoms. The van der Waals surface area contributed by atoms with Gasteiger partial charge in [0, 0.05) is 17.9 Å². The van der Waals surface area contributed by atoms with Crippen LogP contribution in [-0.2, 0) is 4.79 Å². The van der Waals surface area contributed by atoms with Crippen LogP contribution in [0.3, 0.4) is 0 Å². The third kappa shape index (κ3) is 2.08. The normalized spacial score (nSPS) is 20.9. The molecule has 2 rings (SSSR count). The molecule has 86 valence electrons. The molecular formula is C13H15FO2. The molecule has 0 aliphatic heterocycles. The minimum Gasteiger partial charge on any atom is -0.496 e. The fraction of sp³-hybridized carbons (Fsp3) is 0.462. The van der Waals surface area contributed by atoms with Crippen LogP contribution >= 0.6 is 0 Å². The maximum Gasteiger partial charge on any atom is 0.140 e. The minimum absolute atomic E-state index is 0.181. The van der Waals surface area contributed by atoms with Gasteiger partial charge in [-0.1, -0.05) is 6.42 Å². The summed E-state index contributed by atoms with van der Waals surface area (Å²) in [5.74, 6) is 0.324. The van der Waals surface area contributed by atoms with E-state index in [4.69, 9.17) is 4.74 Å². The van der Waals surface area contributed by atoms with E-state index >= 15 is 0 Å². The molecule has 1 aliphatic rings. The zero-order valence-corrected chi connectivity index (χ0v) is 9.33. The van der Waals surface area contributed by atoms with Crippen molar-refractivity contribution in [1.29, 1.82) is 0 Å². The minimum atomic E-state index is -0.311. The van der Waals surface area contributed by atoms with Crippen molar-refractivity contribution in [3.05, 3.63) is 29.6 Å². The molecule has 1 aromatic carbocycles. The average Bonchev–Trinajstić information content (AvgIpc) is 2.29. The molecular weight excluding hydrogens is 207 g/mol. The topological polar surface area (TPSA) is 26.3 Å². The van der Waals surface area contributed by atoms with Gasteiger partial charge in [0.2, 0.25) is 0 Å². The molecule has 0 radical (unpaired) electrons. The van der Waals surface area contributed by atoms with Gasteiger partial charge in [0.1, 0.15) is 17.3 Å². The van der Waals surface area contributed by atoms with Crippen molar-refractivity contribution < 1.29 is 13.9 Å². The molecule has 1 fully saturated rings. The summed E-state index contributed by atoms with van der Waals surface area (Å²) in [5.41, 5.74) is 0.701. The van der Waals surface area contributed by atoms with Crippen molar-refractivity contribution in [2.45, 2.75) is 31.6 Å². The summed E-state index contributed by atoms with van der Waals surface area (Å²) < 4.78 is 18.4. The molecule has 3 heteroatoms. The lowest BCUT2D eigenvalue weighted by Crippen LogP contribution is -2.17. The Labute approximate surface area is 94.4 Å². The molecule has 0 saturated heterocycles. The molecule has 1 aliphatic carbocycles. The molecule has 0 N–H and O–H groups in total. The first-order chi connectivity index (χ1) is 7.72. The van der Waals surface area contributed by atoms with Gasteiger partial charge in [0.05, 0.1) is 7.11 Å². The smallest absolute Gasteiger partial charge is 0.140 e. The van der Waals surface area contributed by atoms with Crippen molar-refractivity contribution in [1.82, 2.24) is 0 Å². The van der Waals surface area contributed by atoms with E-state index in [1.165, 1.54) is 12.1 Å². The van der Waals surface area contributed by atoms with Gasteiger partial charge < -0.3 is 4.74 Å². The highest BCUT2D eigenvalue weighted by Crippen LogP contribution is 2.35. The van der Waals surface area contributed by atoms with Crippen molar-refractivity contribution in [2.24, 2.45) is 0 Å². The van der Waals surface area contributed by atoms with Gasteiger partial charge in [-0.3, -0.25) is 4.79 Å². The van der Waals surface area contributed by atoms with E-state index < -0.39 is 0 Å². The van der Waals surface area contributed by atoms with Crippen LogP contribution in [0.4, 0.5) is 4.39 Å². The molecule has 0 spiro atoms. The maximum absolute atomic E-state index is 13.2. The van der Waals surface area contributed by atoms with Gasteiger partial charge in [-0.25, -0.2) is 4.39 Å². The fourth-order valence-corrected chi connectivity index (χ4v) is 2.29. The molecule has 1 aromatic rings. The van der Waals surface area contributed by atoms with Crippen LogP contribution in [0.25, 0.3) is 0 Å². The largest absolute Gasteiger partial charge is 0.496 e. The lowest BCUT2D eigenvalue weighted by molar-refractivity contribution is -0.121. The molecule has 0 bridgehead atoms. The quantitative estimate of drug-likeness (QED) is 0.768. The number of halogens is 1. The number of Topliss-reactive ketones (excluding diaryl/α,β-unsaturated/α-hetero) is 1. The number of methoxy groups -OCH3 is 1. The number of carbonyl (C=O) groups excluding carboxylic acids is 1. The highest BCUT2D eigenvalue weighted by Gasteiger charge is 2.26. The van der Waals surface area contributed by atoms with Crippen LogP contribution in [0.15, 0.2) is 18.2 Å². The van der Waals surface area contributed by atoms with Crippen LogP contribution in [0.5, 0.6) is 5.75 Å². The number of carbonyl (C=O) groups is 1. The first kappa shape index (κ1) is 11.1. The highest BCUT2D eigenvalue weighted by molar-refractivity contribution is 5.87. The molecule has 1 saturated carbocycles. The van der Waals surface area contributed by atoms with Gasteiger partial charge in [0.15, 0.2) is 0 Å².